The van der Waals surface area contributed by atoms with Gasteiger partial charge in [0.25, 0.3) is 5.88 Å². The molecule has 0 fully saturated rings. The van der Waals surface area contributed by atoms with E-state index in [0.29, 0.717) is 5.56 Å². The lowest BCUT2D eigenvalue weighted by atomic mass is 10.2. The first-order valence-corrected chi connectivity index (χ1v) is 6.67. The molecule has 1 aromatic carbocycles. The molecule has 0 saturated heterocycles. The summed E-state index contributed by atoms with van der Waals surface area (Å²) < 4.78 is 30.4. The van der Waals surface area contributed by atoms with E-state index in [4.69, 9.17) is 4.18 Å². The molecule has 0 spiro atoms. The molecule has 0 aliphatic rings. The normalized spacial score (nSPS) is 11.5. The van der Waals surface area contributed by atoms with Crippen LogP contribution in [0.5, 0.6) is 5.88 Å². The van der Waals surface area contributed by atoms with Crippen LogP contribution in [-0.2, 0) is 17.2 Å². The Morgan fingerprint density at radius 2 is 2.00 bits per heavy atom. The number of aromatic nitrogens is 3. The Kier molecular flexibility index (Phi) is 3.08. The van der Waals surface area contributed by atoms with Crippen molar-refractivity contribution in [2.75, 3.05) is 0 Å². The predicted octanol–water partition coefficient (Wildman–Crippen LogP) is 1.20. The Morgan fingerprint density at radius 3 is 2.56 bits per heavy atom. The highest BCUT2D eigenvalue weighted by Crippen LogP contribution is 2.20. The summed E-state index contributed by atoms with van der Waals surface area (Å²) in [7, 11) is -2.23. The van der Waals surface area contributed by atoms with Gasteiger partial charge in [-0.2, -0.15) is 8.42 Å². The van der Waals surface area contributed by atoms with E-state index >= 15 is 0 Å². The third-order valence-corrected chi connectivity index (χ3v) is 3.76. The van der Waals surface area contributed by atoms with Crippen molar-refractivity contribution in [1.82, 2.24) is 15.0 Å². The van der Waals surface area contributed by atoms with Crippen molar-refractivity contribution in [2.24, 2.45) is 7.05 Å². The Morgan fingerprint density at radius 1 is 1.28 bits per heavy atom. The van der Waals surface area contributed by atoms with Crippen molar-refractivity contribution in [3.05, 3.63) is 35.5 Å². The van der Waals surface area contributed by atoms with Crippen LogP contribution in [0.1, 0.15) is 11.1 Å². The fourth-order valence-corrected chi connectivity index (χ4v) is 2.68. The van der Waals surface area contributed by atoms with Gasteiger partial charge >= 0.3 is 10.1 Å². The molecule has 7 heteroatoms. The Balaban J connectivity index is 2.36. The first-order valence-electron chi connectivity index (χ1n) is 5.26. The number of hydrogen-bond acceptors (Lipinski definition) is 5. The van der Waals surface area contributed by atoms with Crippen molar-refractivity contribution < 1.29 is 12.6 Å². The number of rotatable bonds is 3. The van der Waals surface area contributed by atoms with Gasteiger partial charge in [-0.15, -0.1) is 0 Å². The van der Waals surface area contributed by atoms with E-state index < -0.39 is 10.1 Å². The molecule has 2 aromatic rings. The zero-order valence-corrected chi connectivity index (χ0v) is 11.1. The largest absolute Gasteiger partial charge is 0.355 e. The molecule has 18 heavy (non-hydrogen) atoms. The second kappa shape index (κ2) is 4.41. The second-order valence-corrected chi connectivity index (χ2v) is 5.55. The van der Waals surface area contributed by atoms with Crippen LogP contribution in [0.25, 0.3) is 0 Å². The summed E-state index contributed by atoms with van der Waals surface area (Å²) in [5, 5.41) is 7.19. The molecule has 0 aliphatic carbocycles. The molecular formula is C11H13N3O3S. The number of benzene rings is 1. The smallest absolute Gasteiger partial charge is 0.341 e. The average molecular weight is 267 g/mol. The zero-order valence-electron chi connectivity index (χ0n) is 10.3. The number of nitrogens with zero attached hydrogens (tertiary/aromatic N) is 3. The molecule has 0 aliphatic heterocycles. The van der Waals surface area contributed by atoms with Crippen LogP contribution in [-0.4, -0.2) is 23.4 Å². The van der Waals surface area contributed by atoms with E-state index in [9.17, 15) is 8.42 Å². The summed E-state index contributed by atoms with van der Waals surface area (Å²) in [6.07, 6.45) is 1.39. The molecule has 0 atom stereocenters. The number of hydrogen-bond donors (Lipinski definition) is 0. The summed E-state index contributed by atoms with van der Waals surface area (Å²) >= 11 is 0. The molecule has 96 valence electrons. The van der Waals surface area contributed by atoms with Crippen LogP contribution in [0, 0.1) is 13.8 Å². The summed E-state index contributed by atoms with van der Waals surface area (Å²) in [4.78, 5) is 0.138. The third kappa shape index (κ3) is 2.51. The highest BCUT2D eigenvalue weighted by molar-refractivity contribution is 7.87. The average Bonchev–Trinajstić information content (AvgIpc) is 2.62. The first kappa shape index (κ1) is 12.6. The Hall–Kier alpha value is -1.89. The fourth-order valence-electron chi connectivity index (χ4n) is 1.60. The van der Waals surface area contributed by atoms with Crippen molar-refractivity contribution in [1.29, 1.82) is 0 Å². The zero-order chi connectivity index (χ0) is 13.3. The molecule has 0 saturated carbocycles. The van der Waals surface area contributed by atoms with Crippen molar-refractivity contribution in [3.8, 4) is 5.88 Å². The van der Waals surface area contributed by atoms with Crippen molar-refractivity contribution in [2.45, 2.75) is 18.7 Å². The lowest BCUT2D eigenvalue weighted by molar-refractivity contribution is 0.474. The maximum Gasteiger partial charge on any atom is 0.341 e. The fraction of sp³-hybridized carbons (Fsp3) is 0.273. The minimum Gasteiger partial charge on any atom is -0.355 e. The van der Waals surface area contributed by atoms with E-state index in [-0.39, 0.29) is 10.8 Å². The minimum absolute atomic E-state index is 0.0440. The maximum atomic E-state index is 12.0. The summed E-state index contributed by atoms with van der Waals surface area (Å²) in [5.41, 5.74) is 1.63. The highest BCUT2D eigenvalue weighted by Gasteiger charge is 2.20. The van der Waals surface area contributed by atoms with Crippen LogP contribution in [0.3, 0.4) is 0 Å². The van der Waals surface area contributed by atoms with E-state index in [1.165, 1.54) is 16.9 Å². The maximum absolute atomic E-state index is 12.0. The van der Waals surface area contributed by atoms with Gasteiger partial charge in [0.05, 0.1) is 6.20 Å². The van der Waals surface area contributed by atoms with E-state index in [2.05, 4.69) is 10.3 Å². The van der Waals surface area contributed by atoms with Crippen LogP contribution in [0.2, 0.25) is 0 Å². The van der Waals surface area contributed by atoms with Gasteiger partial charge in [-0.3, -0.25) is 4.68 Å². The van der Waals surface area contributed by atoms with Gasteiger partial charge in [0, 0.05) is 7.05 Å². The molecule has 0 unspecified atom stereocenters. The van der Waals surface area contributed by atoms with E-state index in [0.717, 1.165) is 5.56 Å². The predicted molar refractivity (Wildman–Crippen MR) is 64.7 cm³/mol. The minimum atomic E-state index is -3.86. The van der Waals surface area contributed by atoms with E-state index in [1.807, 2.05) is 6.92 Å². The van der Waals surface area contributed by atoms with Gasteiger partial charge in [-0.05, 0) is 25.5 Å². The molecule has 0 amide bonds. The summed E-state index contributed by atoms with van der Waals surface area (Å²) in [6.45, 7) is 3.62. The quantitative estimate of drug-likeness (QED) is 0.781. The molecule has 0 bridgehead atoms. The molecule has 1 heterocycles. The van der Waals surface area contributed by atoms with Gasteiger partial charge in [0.2, 0.25) is 0 Å². The monoisotopic (exact) mass is 267 g/mol. The van der Waals surface area contributed by atoms with Crippen molar-refractivity contribution >= 4 is 10.1 Å². The molecule has 1 aromatic heterocycles. The molecule has 2 rings (SSSR count). The molecule has 0 radical (unpaired) electrons. The standard InChI is InChI=1S/C11H13N3O3S/c1-8-4-5-10(9(2)6-8)18(15,16)17-11-7-14(3)13-12-11/h4-7H,1-3H3. The van der Waals surface area contributed by atoms with Gasteiger partial charge in [-0.1, -0.05) is 28.0 Å². The lowest BCUT2D eigenvalue weighted by Crippen LogP contribution is -2.11. The third-order valence-electron chi connectivity index (χ3n) is 2.38. The van der Waals surface area contributed by atoms with Crippen LogP contribution >= 0.6 is 0 Å². The van der Waals surface area contributed by atoms with Crippen LogP contribution in [0.15, 0.2) is 29.3 Å². The van der Waals surface area contributed by atoms with Gasteiger partial charge < -0.3 is 4.18 Å². The van der Waals surface area contributed by atoms with Crippen LogP contribution < -0.4 is 4.18 Å². The van der Waals surface area contributed by atoms with Crippen molar-refractivity contribution in [3.63, 3.8) is 0 Å². The summed E-state index contributed by atoms with van der Waals surface area (Å²) in [5.74, 6) is -0.0440. The number of aryl methyl sites for hydroxylation is 3. The Bertz CT molecular complexity index is 677. The molecule has 6 nitrogen and oxygen atoms in total. The summed E-state index contributed by atoms with van der Waals surface area (Å²) in [6, 6.07) is 5.03. The van der Waals surface area contributed by atoms with Crippen LogP contribution in [0.4, 0.5) is 0 Å². The lowest BCUT2D eigenvalue weighted by Gasteiger charge is -2.07. The van der Waals surface area contributed by atoms with Gasteiger partial charge in [0.1, 0.15) is 4.90 Å². The van der Waals surface area contributed by atoms with E-state index in [1.54, 1.807) is 26.1 Å². The van der Waals surface area contributed by atoms with Gasteiger partial charge in [-0.25, -0.2) is 0 Å². The van der Waals surface area contributed by atoms with Gasteiger partial charge in [0.15, 0.2) is 0 Å². The topological polar surface area (TPSA) is 74.1 Å². The SMILES string of the molecule is Cc1ccc(S(=O)(=O)Oc2cn(C)nn2)c(C)c1. The molecular weight excluding hydrogens is 254 g/mol. The highest BCUT2D eigenvalue weighted by atomic mass is 32.2. The molecule has 0 N–H and O–H groups in total. The first-order chi connectivity index (χ1) is 8.38. The Labute approximate surface area is 105 Å². The second-order valence-electron chi connectivity index (χ2n) is 4.04.